The number of benzene rings is 1. The van der Waals surface area contributed by atoms with Crippen molar-refractivity contribution >= 4 is 28.4 Å². The summed E-state index contributed by atoms with van der Waals surface area (Å²) in [7, 11) is 0. The third-order valence-corrected chi connectivity index (χ3v) is 3.40. The van der Waals surface area contributed by atoms with Crippen LogP contribution in [-0.2, 0) is 6.54 Å². The summed E-state index contributed by atoms with van der Waals surface area (Å²) in [6.07, 6.45) is 4.81. The van der Waals surface area contributed by atoms with Crippen LogP contribution in [0, 0.1) is 0 Å². The molecule has 0 radical (unpaired) electrons. The maximum absolute atomic E-state index is 12.0. The van der Waals surface area contributed by atoms with Gasteiger partial charge in [0, 0.05) is 35.5 Å². The molecule has 0 aliphatic rings. The number of anilines is 2. The van der Waals surface area contributed by atoms with E-state index in [2.05, 4.69) is 39.4 Å². The fourth-order valence-electron chi connectivity index (χ4n) is 2.43. The average molecular weight is 294 g/mol. The first kappa shape index (κ1) is 14.1. The minimum absolute atomic E-state index is 0.300. The van der Waals surface area contributed by atoms with Gasteiger partial charge in [-0.1, -0.05) is 13.0 Å². The Bertz CT molecular complexity index is 780. The molecule has 3 aromatic rings. The lowest BCUT2D eigenvalue weighted by atomic mass is 10.2. The van der Waals surface area contributed by atoms with Crippen molar-refractivity contribution < 1.29 is 4.79 Å². The van der Waals surface area contributed by atoms with Crippen molar-refractivity contribution in [3.05, 3.63) is 54.9 Å². The number of carbonyl (C=O) groups excluding carboxylic acids is 1. The van der Waals surface area contributed by atoms with Gasteiger partial charge in [0.05, 0.1) is 0 Å². The highest BCUT2D eigenvalue weighted by Gasteiger charge is 2.05. The van der Waals surface area contributed by atoms with E-state index in [1.807, 2.05) is 24.3 Å². The number of aromatic nitrogens is 2. The molecule has 2 N–H and O–H groups in total. The molecular formula is C17H18N4O. The normalized spacial score (nSPS) is 10.6. The van der Waals surface area contributed by atoms with Crippen LogP contribution >= 0.6 is 0 Å². The van der Waals surface area contributed by atoms with Gasteiger partial charge in [-0.15, -0.1) is 0 Å². The minimum Gasteiger partial charge on any atom is -0.347 e. The molecule has 0 unspecified atom stereocenters. The van der Waals surface area contributed by atoms with Crippen LogP contribution in [0.5, 0.6) is 0 Å². The highest BCUT2D eigenvalue weighted by molar-refractivity contribution is 6.00. The maximum Gasteiger partial charge on any atom is 0.324 e. The molecule has 112 valence electrons. The molecule has 0 aliphatic carbocycles. The first-order valence-corrected chi connectivity index (χ1v) is 7.34. The molecule has 0 saturated carbocycles. The fourth-order valence-corrected chi connectivity index (χ4v) is 2.43. The Labute approximate surface area is 129 Å². The molecule has 0 atom stereocenters. The lowest BCUT2D eigenvalue weighted by Crippen LogP contribution is -2.19. The van der Waals surface area contributed by atoms with Gasteiger partial charge in [-0.05, 0) is 42.8 Å². The number of nitrogens with zero attached hydrogens (tertiary/aromatic N) is 2. The van der Waals surface area contributed by atoms with Crippen LogP contribution in [0.2, 0.25) is 0 Å². The maximum atomic E-state index is 12.0. The SMILES string of the molecule is CCCn1ccc2cc(NC(=O)Nc3ccccn3)ccc21. The highest BCUT2D eigenvalue weighted by atomic mass is 16.2. The Hall–Kier alpha value is -2.82. The average Bonchev–Trinajstić information content (AvgIpc) is 2.91. The Balaban J connectivity index is 1.72. The van der Waals surface area contributed by atoms with E-state index in [-0.39, 0.29) is 6.03 Å². The zero-order valence-electron chi connectivity index (χ0n) is 12.4. The van der Waals surface area contributed by atoms with Crippen LogP contribution in [0.4, 0.5) is 16.3 Å². The van der Waals surface area contributed by atoms with E-state index in [1.165, 1.54) is 5.52 Å². The van der Waals surface area contributed by atoms with Crippen molar-refractivity contribution in [1.29, 1.82) is 0 Å². The van der Waals surface area contributed by atoms with Gasteiger partial charge in [-0.2, -0.15) is 0 Å². The summed E-state index contributed by atoms with van der Waals surface area (Å²) in [4.78, 5) is 16.0. The second-order valence-corrected chi connectivity index (χ2v) is 5.08. The molecular weight excluding hydrogens is 276 g/mol. The molecule has 0 saturated heterocycles. The van der Waals surface area contributed by atoms with Crippen LogP contribution in [0.3, 0.4) is 0 Å². The van der Waals surface area contributed by atoms with Gasteiger partial charge in [0.2, 0.25) is 0 Å². The standard InChI is InChI=1S/C17H18N4O/c1-2-10-21-11-8-13-12-14(6-7-15(13)21)19-17(22)20-16-5-3-4-9-18-16/h3-9,11-12H,2,10H2,1H3,(H2,18,19,20,22). The van der Waals surface area contributed by atoms with Gasteiger partial charge < -0.3 is 9.88 Å². The summed E-state index contributed by atoms with van der Waals surface area (Å²) >= 11 is 0. The number of urea groups is 1. The number of carbonyl (C=O) groups is 1. The molecule has 0 fully saturated rings. The van der Waals surface area contributed by atoms with Crippen molar-refractivity contribution in [2.75, 3.05) is 10.6 Å². The minimum atomic E-state index is -0.300. The van der Waals surface area contributed by atoms with E-state index in [0.717, 1.165) is 24.0 Å². The van der Waals surface area contributed by atoms with Gasteiger partial charge in [0.1, 0.15) is 5.82 Å². The van der Waals surface area contributed by atoms with E-state index in [0.29, 0.717) is 5.82 Å². The molecule has 2 heterocycles. The van der Waals surface area contributed by atoms with E-state index < -0.39 is 0 Å². The zero-order valence-corrected chi connectivity index (χ0v) is 12.4. The predicted octanol–water partition coefficient (Wildman–Crippen LogP) is 4.09. The van der Waals surface area contributed by atoms with E-state index >= 15 is 0 Å². The molecule has 0 aliphatic heterocycles. The second kappa shape index (κ2) is 6.30. The summed E-state index contributed by atoms with van der Waals surface area (Å²) in [5.74, 6) is 0.523. The quantitative estimate of drug-likeness (QED) is 0.761. The Kier molecular flexibility index (Phi) is 4.05. The molecule has 2 aromatic heterocycles. The fraction of sp³-hybridized carbons (Fsp3) is 0.176. The lowest BCUT2D eigenvalue weighted by molar-refractivity contribution is 0.262. The topological polar surface area (TPSA) is 59.0 Å². The van der Waals surface area contributed by atoms with Crippen LogP contribution in [0.15, 0.2) is 54.9 Å². The third-order valence-electron chi connectivity index (χ3n) is 3.40. The lowest BCUT2D eigenvalue weighted by Gasteiger charge is -2.08. The van der Waals surface area contributed by atoms with E-state index in [1.54, 1.807) is 18.3 Å². The summed E-state index contributed by atoms with van der Waals surface area (Å²) in [6, 6.07) is 13.0. The molecule has 2 amide bonds. The number of amides is 2. The number of fused-ring (bicyclic) bond motifs is 1. The van der Waals surface area contributed by atoms with Crippen LogP contribution in [-0.4, -0.2) is 15.6 Å². The molecule has 0 bridgehead atoms. The summed E-state index contributed by atoms with van der Waals surface area (Å²) < 4.78 is 2.22. The largest absolute Gasteiger partial charge is 0.347 e. The number of aryl methyl sites for hydroxylation is 1. The molecule has 1 aromatic carbocycles. The predicted molar refractivity (Wildman–Crippen MR) is 89.1 cm³/mol. The smallest absolute Gasteiger partial charge is 0.324 e. The monoisotopic (exact) mass is 294 g/mol. The van der Waals surface area contributed by atoms with Crippen molar-refractivity contribution in [3.8, 4) is 0 Å². The third kappa shape index (κ3) is 3.09. The highest BCUT2D eigenvalue weighted by Crippen LogP contribution is 2.21. The molecule has 0 spiro atoms. The first-order valence-electron chi connectivity index (χ1n) is 7.34. The summed E-state index contributed by atoms with van der Waals surface area (Å²) in [5.41, 5.74) is 1.94. The molecule has 22 heavy (non-hydrogen) atoms. The Morgan fingerprint density at radius 2 is 2.09 bits per heavy atom. The van der Waals surface area contributed by atoms with Gasteiger partial charge >= 0.3 is 6.03 Å². The van der Waals surface area contributed by atoms with Crippen molar-refractivity contribution in [1.82, 2.24) is 9.55 Å². The molecule has 3 rings (SSSR count). The summed E-state index contributed by atoms with van der Waals surface area (Å²) in [5, 5.41) is 6.64. The number of pyridine rings is 1. The Morgan fingerprint density at radius 1 is 1.18 bits per heavy atom. The van der Waals surface area contributed by atoms with Crippen LogP contribution in [0.1, 0.15) is 13.3 Å². The number of rotatable bonds is 4. The number of hydrogen-bond acceptors (Lipinski definition) is 2. The number of nitrogens with one attached hydrogen (secondary N) is 2. The first-order chi connectivity index (χ1) is 10.8. The van der Waals surface area contributed by atoms with E-state index in [4.69, 9.17) is 0 Å². The van der Waals surface area contributed by atoms with Gasteiger partial charge in [-0.3, -0.25) is 5.32 Å². The van der Waals surface area contributed by atoms with Gasteiger partial charge in [-0.25, -0.2) is 9.78 Å². The zero-order chi connectivity index (χ0) is 15.4. The molecule has 5 heteroatoms. The second-order valence-electron chi connectivity index (χ2n) is 5.08. The van der Waals surface area contributed by atoms with Crippen molar-refractivity contribution in [3.63, 3.8) is 0 Å². The van der Waals surface area contributed by atoms with Crippen molar-refractivity contribution in [2.24, 2.45) is 0 Å². The number of hydrogen-bond donors (Lipinski definition) is 2. The Morgan fingerprint density at radius 3 is 2.86 bits per heavy atom. The van der Waals surface area contributed by atoms with Gasteiger partial charge in [0.15, 0.2) is 0 Å². The van der Waals surface area contributed by atoms with E-state index in [9.17, 15) is 4.79 Å². The van der Waals surface area contributed by atoms with Crippen LogP contribution < -0.4 is 10.6 Å². The summed E-state index contributed by atoms with van der Waals surface area (Å²) in [6.45, 7) is 3.15. The molecule has 5 nitrogen and oxygen atoms in total. The van der Waals surface area contributed by atoms with Crippen LogP contribution in [0.25, 0.3) is 10.9 Å². The van der Waals surface area contributed by atoms with Gasteiger partial charge in [0.25, 0.3) is 0 Å². The van der Waals surface area contributed by atoms with Crippen molar-refractivity contribution in [2.45, 2.75) is 19.9 Å².